The Kier molecular flexibility index (Phi) is 4.27. The van der Waals surface area contributed by atoms with Gasteiger partial charge in [0.2, 0.25) is 10.0 Å². The van der Waals surface area contributed by atoms with Gasteiger partial charge in [-0.1, -0.05) is 18.2 Å². The molecule has 0 atom stereocenters. The minimum absolute atomic E-state index is 0.289. The Morgan fingerprint density at radius 2 is 1.73 bits per heavy atom. The molecule has 3 nitrogen and oxygen atoms in total. The zero-order valence-electron chi connectivity index (χ0n) is 12.2. The summed E-state index contributed by atoms with van der Waals surface area (Å²) >= 11 is 0. The van der Waals surface area contributed by atoms with Gasteiger partial charge >= 0.3 is 0 Å². The first-order valence-electron chi connectivity index (χ1n) is 7.40. The minimum atomic E-state index is -3.48. The highest BCUT2D eigenvalue weighted by Gasteiger charge is 2.17. The van der Waals surface area contributed by atoms with E-state index in [-0.39, 0.29) is 5.82 Å². The second-order valence-electron chi connectivity index (χ2n) is 5.56. The quantitative estimate of drug-likeness (QED) is 0.921. The number of hydrogen-bond donors (Lipinski definition) is 1. The van der Waals surface area contributed by atoms with Crippen molar-refractivity contribution in [1.82, 2.24) is 4.72 Å². The fourth-order valence-electron chi connectivity index (χ4n) is 2.78. The van der Waals surface area contributed by atoms with Crippen LogP contribution in [0.15, 0.2) is 47.4 Å². The first-order chi connectivity index (χ1) is 10.5. The van der Waals surface area contributed by atoms with Crippen LogP contribution < -0.4 is 4.72 Å². The van der Waals surface area contributed by atoms with Crippen molar-refractivity contribution < 1.29 is 12.8 Å². The van der Waals surface area contributed by atoms with Gasteiger partial charge in [-0.15, -0.1) is 0 Å². The number of rotatable bonds is 5. The Hall–Kier alpha value is -1.72. The van der Waals surface area contributed by atoms with Crippen LogP contribution in [0.5, 0.6) is 0 Å². The molecule has 22 heavy (non-hydrogen) atoms. The molecule has 0 saturated heterocycles. The summed E-state index contributed by atoms with van der Waals surface area (Å²) in [4.78, 5) is 0.326. The lowest BCUT2D eigenvalue weighted by Crippen LogP contribution is -2.26. The zero-order valence-corrected chi connectivity index (χ0v) is 13.0. The van der Waals surface area contributed by atoms with Crippen LogP contribution in [-0.2, 0) is 29.3 Å². The molecule has 3 rings (SSSR count). The third kappa shape index (κ3) is 3.36. The summed E-state index contributed by atoms with van der Waals surface area (Å²) in [5.41, 5.74) is 3.30. The summed E-state index contributed by atoms with van der Waals surface area (Å²) in [5, 5.41) is 0. The topological polar surface area (TPSA) is 46.2 Å². The van der Waals surface area contributed by atoms with Crippen LogP contribution in [0.1, 0.15) is 23.1 Å². The van der Waals surface area contributed by atoms with Gasteiger partial charge in [0.05, 0.1) is 4.90 Å². The molecular formula is C17H18FNO2S. The van der Waals surface area contributed by atoms with Crippen molar-refractivity contribution in [3.63, 3.8) is 0 Å². The Morgan fingerprint density at radius 1 is 1.00 bits per heavy atom. The predicted molar refractivity (Wildman–Crippen MR) is 83.8 cm³/mol. The van der Waals surface area contributed by atoms with Gasteiger partial charge in [0, 0.05) is 6.54 Å². The molecule has 2 aromatic carbocycles. The van der Waals surface area contributed by atoms with Crippen LogP contribution in [0.3, 0.4) is 0 Å². The van der Waals surface area contributed by atoms with Gasteiger partial charge < -0.3 is 0 Å². The molecule has 0 heterocycles. The van der Waals surface area contributed by atoms with E-state index in [2.05, 4.69) is 4.72 Å². The number of nitrogens with one attached hydrogen (secondary N) is 1. The normalized spacial score (nSPS) is 14.0. The van der Waals surface area contributed by atoms with Crippen molar-refractivity contribution >= 4 is 10.0 Å². The third-order valence-corrected chi connectivity index (χ3v) is 5.46. The molecule has 0 unspecified atom stereocenters. The van der Waals surface area contributed by atoms with Gasteiger partial charge in [-0.2, -0.15) is 0 Å². The smallest absolute Gasteiger partial charge is 0.211 e. The molecule has 1 aliphatic rings. The second kappa shape index (κ2) is 6.18. The number of sulfonamides is 1. The largest absolute Gasteiger partial charge is 0.240 e. The molecule has 116 valence electrons. The molecule has 0 aliphatic heterocycles. The molecular weight excluding hydrogens is 301 g/mol. The summed E-state index contributed by atoms with van der Waals surface area (Å²) in [7, 11) is -3.48. The standard InChI is InChI=1S/C17H18FNO2S/c18-16-7-4-13(5-8-16)10-11-19-22(20,21)17-9-6-14-2-1-3-15(14)12-17/h4-9,12,19H,1-3,10-11H2. The fourth-order valence-corrected chi connectivity index (χ4v) is 3.86. The van der Waals surface area contributed by atoms with Crippen LogP contribution in [0.4, 0.5) is 4.39 Å². The average molecular weight is 319 g/mol. The number of halogens is 1. The van der Waals surface area contributed by atoms with Crippen molar-refractivity contribution in [2.45, 2.75) is 30.6 Å². The monoisotopic (exact) mass is 319 g/mol. The Balaban J connectivity index is 1.65. The average Bonchev–Trinajstić information content (AvgIpc) is 2.96. The second-order valence-corrected chi connectivity index (χ2v) is 7.33. The van der Waals surface area contributed by atoms with Crippen molar-refractivity contribution in [3.05, 3.63) is 65.0 Å². The Labute approximate surface area is 130 Å². The number of aryl methyl sites for hydroxylation is 2. The van der Waals surface area contributed by atoms with E-state index >= 15 is 0 Å². The zero-order chi connectivity index (χ0) is 15.6. The number of hydrogen-bond acceptors (Lipinski definition) is 2. The van der Waals surface area contributed by atoms with E-state index in [9.17, 15) is 12.8 Å². The Bertz CT molecular complexity index is 770. The van der Waals surface area contributed by atoms with E-state index in [0.29, 0.717) is 17.9 Å². The fraction of sp³-hybridized carbons (Fsp3) is 0.294. The van der Waals surface area contributed by atoms with Gasteiger partial charge in [-0.05, 0) is 66.6 Å². The van der Waals surface area contributed by atoms with Crippen LogP contribution in [0, 0.1) is 5.82 Å². The van der Waals surface area contributed by atoms with E-state index in [0.717, 1.165) is 30.4 Å². The van der Waals surface area contributed by atoms with Crippen LogP contribution in [0.25, 0.3) is 0 Å². The minimum Gasteiger partial charge on any atom is -0.211 e. The van der Waals surface area contributed by atoms with E-state index in [4.69, 9.17) is 0 Å². The maximum absolute atomic E-state index is 12.8. The summed E-state index contributed by atoms with van der Waals surface area (Å²) in [5.74, 6) is -0.289. The number of fused-ring (bicyclic) bond motifs is 1. The molecule has 0 radical (unpaired) electrons. The maximum Gasteiger partial charge on any atom is 0.240 e. The summed E-state index contributed by atoms with van der Waals surface area (Å²) < 4.78 is 40.0. The lowest BCUT2D eigenvalue weighted by molar-refractivity contribution is 0.581. The lowest BCUT2D eigenvalue weighted by atomic mass is 10.1. The van der Waals surface area contributed by atoms with E-state index in [1.54, 1.807) is 24.3 Å². The number of benzene rings is 2. The molecule has 2 aromatic rings. The van der Waals surface area contributed by atoms with Crippen LogP contribution in [-0.4, -0.2) is 15.0 Å². The predicted octanol–water partition coefficient (Wildman–Crippen LogP) is 2.84. The molecule has 5 heteroatoms. The van der Waals surface area contributed by atoms with Crippen molar-refractivity contribution in [2.75, 3.05) is 6.54 Å². The maximum atomic E-state index is 12.8. The van der Waals surface area contributed by atoms with E-state index < -0.39 is 10.0 Å². The van der Waals surface area contributed by atoms with Gasteiger partial charge in [0.25, 0.3) is 0 Å². The molecule has 0 amide bonds. The van der Waals surface area contributed by atoms with E-state index in [1.807, 2.05) is 6.07 Å². The van der Waals surface area contributed by atoms with Crippen LogP contribution >= 0.6 is 0 Å². The molecule has 1 N–H and O–H groups in total. The molecule has 0 bridgehead atoms. The summed E-state index contributed by atoms with van der Waals surface area (Å²) in [6.45, 7) is 0.297. The molecule has 0 fully saturated rings. The van der Waals surface area contributed by atoms with Crippen molar-refractivity contribution in [2.24, 2.45) is 0 Å². The highest BCUT2D eigenvalue weighted by atomic mass is 32.2. The summed E-state index contributed by atoms with van der Waals surface area (Å²) in [6.07, 6.45) is 3.61. The summed E-state index contributed by atoms with van der Waals surface area (Å²) in [6, 6.07) is 11.5. The van der Waals surface area contributed by atoms with Gasteiger partial charge in [0.1, 0.15) is 5.82 Å². The first kappa shape index (κ1) is 15.2. The first-order valence-corrected chi connectivity index (χ1v) is 8.89. The molecule has 1 aliphatic carbocycles. The highest BCUT2D eigenvalue weighted by molar-refractivity contribution is 7.89. The molecule has 0 saturated carbocycles. The van der Waals surface area contributed by atoms with Crippen molar-refractivity contribution in [3.8, 4) is 0 Å². The van der Waals surface area contributed by atoms with Crippen molar-refractivity contribution in [1.29, 1.82) is 0 Å². The van der Waals surface area contributed by atoms with Crippen LogP contribution in [0.2, 0.25) is 0 Å². The molecule has 0 spiro atoms. The SMILES string of the molecule is O=S(=O)(NCCc1ccc(F)cc1)c1ccc2c(c1)CCC2. The van der Waals surface area contributed by atoms with Gasteiger partial charge in [0.15, 0.2) is 0 Å². The highest BCUT2D eigenvalue weighted by Crippen LogP contribution is 2.24. The van der Waals surface area contributed by atoms with Gasteiger partial charge in [-0.25, -0.2) is 17.5 Å². The third-order valence-electron chi connectivity index (χ3n) is 4.00. The van der Waals surface area contributed by atoms with E-state index in [1.165, 1.54) is 17.7 Å². The van der Waals surface area contributed by atoms with Gasteiger partial charge in [-0.3, -0.25) is 0 Å². The Morgan fingerprint density at radius 3 is 2.50 bits per heavy atom. The lowest BCUT2D eigenvalue weighted by Gasteiger charge is -2.08. The molecule has 0 aromatic heterocycles.